The number of sulfonamides is 1. The molecule has 26 heavy (non-hydrogen) atoms. The zero-order valence-electron chi connectivity index (χ0n) is 14.9. The molecule has 1 aliphatic rings. The lowest BCUT2D eigenvalue weighted by Gasteiger charge is -2.17. The highest BCUT2D eigenvalue weighted by atomic mass is 32.2. The lowest BCUT2D eigenvalue weighted by atomic mass is 10.3. The van der Waals surface area contributed by atoms with Gasteiger partial charge in [-0.05, 0) is 30.7 Å². The van der Waals surface area contributed by atoms with E-state index >= 15 is 0 Å². The van der Waals surface area contributed by atoms with Crippen molar-refractivity contribution in [3.8, 4) is 0 Å². The van der Waals surface area contributed by atoms with E-state index in [-0.39, 0.29) is 36.1 Å². The van der Waals surface area contributed by atoms with Crippen molar-refractivity contribution in [1.82, 2.24) is 9.21 Å². The highest BCUT2D eigenvalue weighted by Gasteiger charge is 2.30. The van der Waals surface area contributed by atoms with Crippen LogP contribution in [-0.2, 0) is 24.4 Å². The average molecular weight is 381 g/mol. The van der Waals surface area contributed by atoms with Crippen LogP contribution in [0.2, 0.25) is 0 Å². The van der Waals surface area contributed by atoms with E-state index in [0.717, 1.165) is 17.7 Å². The fourth-order valence-electron chi connectivity index (χ4n) is 2.53. The Kier molecular flexibility index (Phi) is 6.49. The summed E-state index contributed by atoms with van der Waals surface area (Å²) in [5.74, 6) is -1.23. The highest BCUT2D eigenvalue weighted by molar-refractivity contribution is 7.89. The number of carbonyl (C=O) groups excluding carboxylic acids is 3. The molecule has 0 aliphatic carbocycles. The first kappa shape index (κ1) is 20.1. The maximum absolute atomic E-state index is 12.4. The second-order valence-electron chi connectivity index (χ2n) is 6.13. The van der Waals surface area contributed by atoms with Crippen molar-refractivity contribution < 1.29 is 22.8 Å². The lowest BCUT2D eigenvalue weighted by molar-refractivity contribution is -0.141. The molecule has 0 aromatic heterocycles. The Bertz CT molecular complexity index is 773. The smallest absolute Gasteiger partial charge is 0.244 e. The number of imide groups is 1. The lowest BCUT2D eigenvalue weighted by Crippen LogP contribution is -2.36. The number of likely N-dealkylation sites (tertiary alicyclic amines) is 1. The van der Waals surface area contributed by atoms with Crippen molar-refractivity contribution in [2.45, 2.75) is 37.5 Å². The van der Waals surface area contributed by atoms with E-state index in [1.165, 1.54) is 35.6 Å². The van der Waals surface area contributed by atoms with E-state index in [1.54, 1.807) is 0 Å². The van der Waals surface area contributed by atoms with Crippen molar-refractivity contribution in [1.29, 1.82) is 0 Å². The van der Waals surface area contributed by atoms with Gasteiger partial charge in [-0.1, -0.05) is 13.3 Å². The van der Waals surface area contributed by atoms with Crippen LogP contribution in [-0.4, -0.2) is 55.5 Å². The minimum Gasteiger partial charge on any atom is -0.325 e. The van der Waals surface area contributed by atoms with Gasteiger partial charge in [0.15, 0.2) is 0 Å². The van der Waals surface area contributed by atoms with E-state index in [4.69, 9.17) is 0 Å². The van der Waals surface area contributed by atoms with Gasteiger partial charge < -0.3 is 5.32 Å². The number of hydrogen-bond acceptors (Lipinski definition) is 5. The van der Waals surface area contributed by atoms with Gasteiger partial charge in [0.1, 0.15) is 6.54 Å². The molecule has 1 aromatic carbocycles. The zero-order chi connectivity index (χ0) is 19.3. The number of carbonyl (C=O) groups is 3. The number of hydrogen-bond donors (Lipinski definition) is 1. The predicted molar refractivity (Wildman–Crippen MR) is 95.7 cm³/mol. The number of rotatable bonds is 8. The quantitative estimate of drug-likeness (QED) is 0.681. The Morgan fingerprint density at radius 3 is 2.27 bits per heavy atom. The van der Waals surface area contributed by atoms with Crippen molar-refractivity contribution in [2.24, 2.45) is 0 Å². The third-order valence-electron chi connectivity index (χ3n) is 4.13. The van der Waals surface area contributed by atoms with Crippen molar-refractivity contribution >= 4 is 33.4 Å². The molecule has 2 rings (SSSR count). The molecule has 8 nitrogen and oxygen atoms in total. The summed E-state index contributed by atoms with van der Waals surface area (Å²) in [6.45, 7) is 2.09. The maximum atomic E-state index is 12.4. The fourth-order valence-corrected chi connectivity index (χ4v) is 3.74. The SMILES string of the molecule is CCCCN(C)S(=O)(=O)c1ccc(NC(=O)CN2C(=O)CCC2=O)cc1. The van der Waals surface area contributed by atoms with Crippen LogP contribution in [0.5, 0.6) is 0 Å². The normalized spacial score (nSPS) is 15.0. The highest BCUT2D eigenvalue weighted by Crippen LogP contribution is 2.18. The zero-order valence-corrected chi connectivity index (χ0v) is 15.7. The Balaban J connectivity index is 1.99. The van der Waals surface area contributed by atoms with Crippen LogP contribution in [0.25, 0.3) is 0 Å². The molecule has 9 heteroatoms. The number of nitrogens with one attached hydrogen (secondary N) is 1. The molecule has 0 bridgehead atoms. The summed E-state index contributed by atoms with van der Waals surface area (Å²) in [6.07, 6.45) is 1.93. The Morgan fingerprint density at radius 1 is 1.15 bits per heavy atom. The van der Waals surface area contributed by atoms with E-state index < -0.39 is 15.9 Å². The van der Waals surface area contributed by atoms with Crippen LogP contribution in [0, 0.1) is 0 Å². The van der Waals surface area contributed by atoms with E-state index in [2.05, 4.69) is 5.32 Å². The van der Waals surface area contributed by atoms with Crippen LogP contribution in [0.4, 0.5) is 5.69 Å². The first-order chi connectivity index (χ1) is 12.3. The van der Waals surface area contributed by atoms with E-state index in [0.29, 0.717) is 12.2 Å². The molecule has 1 saturated heterocycles. The van der Waals surface area contributed by atoms with Crippen molar-refractivity contribution in [3.63, 3.8) is 0 Å². The molecule has 0 atom stereocenters. The van der Waals surface area contributed by atoms with E-state index in [9.17, 15) is 22.8 Å². The second kappa shape index (κ2) is 8.41. The fraction of sp³-hybridized carbons (Fsp3) is 0.471. The molecule has 1 heterocycles. The monoisotopic (exact) mass is 381 g/mol. The van der Waals surface area contributed by atoms with Crippen LogP contribution in [0.1, 0.15) is 32.6 Å². The van der Waals surface area contributed by atoms with Crippen molar-refractivity contribution in [3.05, 3.63) is 24.3 Å². The molecule has 0 spiro atoms. The Morgan fingerprint density at radius 2 is 1.73 bits per heavy atom. The van der Waals surface area contributed by atoms with Gasteiger partial charge in [0.05, 0.1) is 4.90 Å². The molecule has 3 amide bonds. The number of benzene rings is 1. The standard InChI is InChI=1S/C17H23N3O5S/c1-3-4-11-19(2)26(24,25)14-7-5-13(6-8-14)18-15(21)12-20-16(22)9-10-17(20)23/h5-8H,3-4,9-12H2,1-2H3,(H,18,21). The first-order valence-corrected chi connectivity index (χ1v) is 9.89. The van der Waals surface area contributed by atoms with Gasteiger partial charge in [-0.2, -0.15) is 0 Å². The summed E-state index contributed by atoms with van der Waals surface area (Å²) in [4.78, 5) is 36.1. The molecule has 1 aliphatic heterocycles. The van der Waals surface area contributed by atoms with Crippen LogP contribution in [0.3, 0.4) is 0 Å². The van der Waals surface area contributed by atoms with Gasteiger partial charge in [-0.25, -0.2) is 12.7 Å². The third kappa shape index (κ3) is 4.67. The number of amides is 3. The predicted octanol–water partition coefficient (Wildman–Crippen LogP) is 1.19. The van der Waals surface area contributed by atoms with Gasteiger partial charge in [0, 0.05) is 32.1 Å². The molecule has 142 valence electrons. The Hall–Kier alpha value is -2.26. The molecular weight excluding hydrogens is 358 g/mol. The molecule has 1 aromatic rings. The van der Waals surface area contributed by atoms with Crippen LogP contribution >= 0.6 is 0 Å². The minimum atomic E-state index is -3.57. The van der Waals surface area contributed by atoms with Gasteiger partial charge in [0.25, 0.3) is 0 Å². The van der Waals surface area contributed by atoms with Crippen LogP contribution in [0.15, 0.2) is 29.2 Å². The largest absolute Gasteiger partial charge is 0.325 e. The molecular formula is C17H23N3O5S. The minimum absolute atomic E-state index is 0.129. The number of unbranched alkanes of at least 4 members (excludes halogenated alkanes) is 1. The van der Waals surface area contributed by atoms with Gasteiger partial charge in [-0.15, -0.1) is 0 Å². The summed E-state index contributed by atoms with van der Waals surface area (Å²) in [7, 11) is -2.03. The summed E-state index contributed by atoms with van der Waals surface area (Å²) in [5.41, 5.74) is 0.393. The molecule has 1 fully saturated rings. The Labute approximate surface area is 153 Å². The molecule has 0 saturated carbocycles. The summed E-state index contributed by atoms with van der Waals surface area (Å²) >= 11 is 0. The topological polar surface area (TPSA) is 104 Å². The van der Waals surface area contributed by atoms with E-state index in [1.807, 2.05) is 6.92 Å². The van der Waals surface area contributed by atoms with Gasteiger partial charge in [-0.3, -0.25) is 19.3 Å². The molecule has 1 N–H and O–H groups in total. The average Bonchev–Trinajstić information content (AvgIpc) is 2.92. The number of nitrogens with zero attached hydrogens (tertiary/aromatic N) is 2. The van der Waals surface area contributed by atoms with Gasteiger partial charge >= 0.3 is 0 Å². The third-order valence-corrected chi connectivity index (χ3v) is 6.00. The number of anilines is 1. The second-order valence-corrected chi connectivity index (χ2v) is 8.17. The van der Waals surface area contributed by atoms with Crippen molar-refractivity contribution in [2.75, 3.05) is 25.5 Å². The maximum Gasteiger partial charge on any atom is 0.244 e. The van der Waals surface area contributed by atoms with Crippen LogP contribution < -0.4 is 5.32 Å². The molecule has 0 radical (unpaired) electrons. The summed E-state index contributed by atoms with van der Waals surface area (Å²) in [5, 5.41) is 2.56. The molecule has 0 unspecified atom stereocenters. The van der Waals surface area contributed by atoms with Gasteiger partial charge in [0.2, 0.25) is 27.7 Å². The summed E-state index contributed by atoms with van der Waals surface area (Å²) in [6, 6.07) is 5.79. The first-order valence-electron chi connectivity index (χ1n) is 8.45. The summed E-state index contributed by atoms with van der Waals surface area (Å²) < 4.78 is 26.2.